The number of fused-ring (bicyclic) bond motifs is 1. The van der Waals surface area contributed by atoms with Gasteiger partial charge in [-0.1, -0.05) is 18.6 Å². The third-order valence-electron chi connectivity index (χ3n) is 3.76. The molecule has 2 aromatic rings. The van der Waals surface area contributed by atoms with Gasteiger partial charge in [0.15, 0.2) is 0 Å². The average Bonchev–Trinajstić information content (AvgIpc) is 2.65. The van der Waals surface area contributed by atoms with Crippen molar-refractivity contribution in [1.29, 1.82) is 0 Å². The Morgan fingerprint density at radius 1 is 1.35 bits per heavy atom. The van der Waals surface area contributed by atoms with Crippen LogP contribution in [0, 0.1) is 12.8 Å². The molecule has 0 amide bonds. The fourth-order valence-electron chi connectivity index (χ4n) is 2.79. The van der Waals surface area contributed by atoms with Crippen LogP contribution in [0.1, 0.15) is 18.1 Å². The molecule has 90 valence electrons. The van der Waals surface area contributed by atoms with Crippen molar-refractivity contribution < 1.29 is 0 Å². The zero-order valence-corrected chi connectivity index (χ0v) is 10.7. The molecule has 1 aromatic carbocycles. The first-order valence-corrected chi connectivity index (χ1v) is 6.51. The Labute approximate surface area is 103 Å². The molecule has 3 rings (SSSR count). The Kier molecular flexibility index (Phi) is 2.67. The molecule has 0 aliphatic carbocycles. The minimum absolute atomic E-state index is 0.903. The van der Waals surface area contributed by atoms with Gasteiger partial charge < -0.3 is 9.88 Å². The summed E-state index contributed by atoms with van der Waals surface area (Å²) in [7, 11) is 0. The van der Waals surface area contributed by atoms with Gasteiger partial charge in [-0.05, 0) is 37.0 Å². The smallest absolute Gasteiger partial charge is 0.0456 e. The molecule has 17 heavy (non-hydrogen) atoms. The van der Waals surface area contributed by atoms with Gasteiger partial charge in [-0.25, -0.2) is 0 Å². The number of hydrogen-bond acceptors (Lipinski definition) is 1. The van der Waals surface area contributed by atoms with Crippen molar-refractivity contribution >= 4 is 10.9 Å². The van der Waals surface area contributed by atoms with Crippen LogP contribution in [0.25, 0.3) is 10.9 Å². The van der Waals surface area contributed by atoms with Crippen LogP contribution in [0.2, 0.25) is 0 Å². The van der Waals surface area contributed by atoms with E-state index in [4.69, 9.17) is 0 Å². The Morgan fingerprint density at radius 2 is 2.18 bits per heavy atom. The van der Waals surface area contributed by atoms with Gasteiger partial charge in [-0.3, -0.25) is 0 Å². The number of hydrogen-bond donors (Lipinski definition) is 1. The predicted octanol–water partition coefficient (Wildman–Crippen LogP) is 2.97. The third-order valence-corrected chi connectivity index (χ3v) is 3.76. The van der Waals surface area contributed by atoms with Gasteiger partial charge in [0.05, 0.1) is 0 Å². The summed E-state index contributed by atoms with van der Waals surface area (Å²) < 4.78 is 0. The summed E-state index contributed by atoms with van der Waals surface area (Å²) in [6.07, 6.45) is 3.34. The average molecular weight is 228 g/mol. The van der Waals surface area contributed by atoms with Gasteiger partial charge in [0.1, 0.15) is 0 Å². The van der Waals surface area contributed by atoms with E-state index in [9.17, 15) is 0 Å². The van der Waals surface area contributed by atoms with Crippen molar-refractivity contribution in [3.8, 4) is 0 Å². The molecule has 0 unspecified atom stereocenters. The maximum atomic E-state index is 3.37. The molecule has 0 bridgehead atoms. The molecule has 1 aromatic heterocycles. The molecule has 0 spiro atoms. The summed E-state index contributed by atoms with van der Waals surface area (Å²) in [5, 5.41) is 1.40. The largest absolute Gasteiger partial charge is 0.361 e. The van der Waals surface area contributed by atoms with Gasteiger partial charge in [-0.15, -0.1) is 0 Å². The number of aromatic amines is 1. The van der Waals surface area contributed by atoms with Gasteiger partial charge >= 0.3 is 0 Å². The molecular formula is C15H20N2. The van der Waals surface area contributed by atoms with Crippen molar-refractivity contribution in [1.82, 2.24) is 9.88 Å². The molecule has 1 N–H and O–H groups in total. The van der Waals surface area contributed by atoms with E-state index in [1.165, 1.54) is 41.7 Å². The number of likely N-dealkylation sites (tertiary alicyclic amines) is 1. The molecule has 1 aliphatic rings. The highest BCUT2D eigenvalue weighted by atomic mass is 15.2. The van der Waals surface area contributed by atoms with Crippen molar-refractivity contribution in [2.75, 3.05) is 19.6 Å². The summed E-state index contributed by atoms with van der Waals surface area (Å²) in [5.74, 6) is 0.903. The molecule has 2 heterocycles. The lowest BCUT2D eigenvalue weighted by atomic mass is 10.0. The minimum atomic E-state index is 0.903. The standard InChI is InChI=1S/C15H20N2/c1-11-3-4-15-14(7-11)13(8-16-15)5-6-17-9-12(2)10-17/h3-4,7-8,12,16H,5-6,9-10H2,1-2H3. The van der Waals surface area contributed by atoms with Crippen molar-refractivity contribution in [3.05, 3.63) is 35.5 Å². The Balaban J connectivity index is 1.74. The molecule has 1 saturated heterocycles. The maximum Gasteiger partial charge on any atom is 0.0456 e. The topological polar surface area (TPSA) is 19.0 Å². The molecule has 1 aliphatic heterocycles. The molecular weight excluding hydrogens is 208 g/mol. The lowest BCUT2D eigenvalue weighted by molar-refractivity contribution is 0.115. The van der Waals surface area contributed by atoms with Crippen LogP contribution in [0.15, 0.2) is 24.4 Å². The molecule has 0 radical (unpaired) electrons. The number of nitrogens with zero attached hydrogens (tertiary/aromatic N) is 1. The highest BCUT2D eigenvalue weighted by Gasteiger charge is 2.21. The van der Waals surface area contributed by atoms with Crippen molar-refractivity contribution in [2.45, 2.75) is 20.3 Å². The summed E-state index contributed by atoms with van der Waals surface area (Å²) in [6.45, 7) is 8.24. The second-order valence-corrected chi connectivity index (χ2v) is 5.48. The van der Waals surface area contributed by atoms with Crippen LogP contribution < -0.4 is 0 Å². The monoisotopic (exact) mass is 228 g/mol. The van der Waals surface area contributed by atoms with E-state index in [1.54, 1.807) is 0 Å². The highest BCUT2D eigenvalue weighted by molar-refractivity contribution is 5.83. The summed E-state index contributed by atoms with van der Waals surface area (Å²) >= 11 is 0. The van der Waals surface area contributed by atoms with Crippen LogP contribution in [0.3, 0.4) is 0 Å². The predicted molar refractivity (Wildman–Crippen MR) is 72.3 cm³/mol. The Morgan fingerprint density at radius 3 is 2.94 bits per heavy atom. The van der Waals surface area contributed by atoms with E-state index in [-0.39, 0.29) is 0 Å². The van der Waals surface area contributed by atoms with E-state index in [2.05, 4.69) is 48.1 Å². The molecule has 0 atom stereocenters. The lowest BCUT2D eigenvalue weighted by Gasteiger charge is -2.37. The van der Waals surface area contributed by atoms with Crippen LogP contribution in [-0.4, -0.2) is 29.5 Å². The second kappa shape index (κ2) is 4.19. The first-order chi connectivity index (χ1) is 8.22. The second-order valence-electron chi connectivity index (χ2n) is 5.48. The van der Waals surface area contributed by atoms with Gasteiger partial charge in [0, 0.05) is 36.7 Å². The van der Waals surface area contributed by atoms with Crippen LogP contribution >= 0.6 is 0 Å². The summed E-state index contributed by atoms with van der Waals surface area (Å²) in [6, 6.07) is 6.64. The SMILES string of the molecule is Cc1ccc2[nH]cc(CCN3CC(C)C3)c2c1. The summed E-state index contributed by atoms with van der Waals surface area (Å²) in [5.41, 5.74) is 4.07. The highest BCUT2D eigenvalue weighted by Crippen LogP contribution is 2.21. The lowest BCUT2D eigenvalue weighted by Crippen LogP contribution is -2.45. The van der Waals surface area contributed by atoms with E-state index in [1.807, 2.05) is 0 Å². The van der Waals surface area contributed by atoms with Gasteiger partial charge in [-0.2, -0.15) is 0 Å². The quantitative estimate of drug-likeness (QED) is 0.855. The van der Waals surface area contributed by atoms with Gasteiger partial charge in [0.25, 0.3) is 0 Å². The molecule has 1 fully saturated rings. The fourth-order valence-corrected chi connectivity index (χ4v) is 2.79. The van der Waals surface area contributed by atoms with Gasteiger partial charge in [0.2, 0.25) is 0 Å². The first kappa shape index (κ1) is 10.8. The van der Waals surface area contributed by atoms with Crippen molar-refractivity contribution in [2.24, 2.45) is 5.92 Å². The Hall–Kier alpha value is -1.28. The molecule has 2 nitrogen and oxygen atoms in total. The van der Waals surface area contributed by atoms with E-state index >= 15 is 0 Å². The first-order valence-electron chi connectivity index (χ1n) is 6.51. The summed E-state index contributed by atoms with van der Waals surface area (Å²) in [4.78, 5) is 5.91. The minimum Gasteiger partial charge on any atom is -0.361 e. The number of aryl methyl sites for hydroxylation is 1. The number of benzene rings is 1. The van der Waals surface area contributed by atoms with Crippen LogP contribution in [0.5, 0.6) is 0 Å². The fraction of sp³-hybridized carbons (Fsp3) is 0.467. The number of nitrogens with one attached hydrogen (secondary N) is 1. The number of rotatable bonds is 3. The number of H-pyrrole nitrogens is 1. The maximum absolute atomic E-state index is 3.37. The number of aromatic nitrogens is 1. The third kappa shape index (κ3) is 2.09. The van der Waals surface area contributed by atoms with Crippen LogP contribution in [0.4, 0.5) is 0 Å². The van der Waals surface area contributed by atoms with Crippen LogP contribution in [-0.2, 0) is 6.42 Å². The normalized spacial score (nSPS) is 17.5. The molecule has 2 heteroatoms. The Bertz CT molecular complexity index is 521. The van der Waals surface area contributed by atoms with E-state index in [0.29, 0.717) is 0 Å². The molecule has 0 saturated carbocycles. The zero-order chi connectivity index (χ0) is 11.8. The van der Waals surface area contributed by atoms with E-state index < -0.39 is 0 Å². The van der Waals surface area contributed by atoms with E-state index in [0.717, 1.165) is 12.3 Å². The van der Waals surface area contributed by atoms with Crippen molar-refractivity contribution in [3.63, 3.8) is 0 Å². The zero-order valence-electron chi connectivity index (χ0n) is 10.7.